The van der Waals surface area contributed by atoms with Gasteiger partial charge in [0.2, 0.25) is 0 Å². The van der Waals surface area contributed by atoms with Crippen LogP contribution < -0.4 is 0 Å². The highest BCUT2D eigenvalue weighted by atomic mass is 16.5. The molecule has 3 aromatic rings. The van der Waals surface area contributed by atoms with Crippen LogP contribution in [0.4, 0.5) is 0 Å². The number of ether oxygens (including phenoxy) is 2. The van der Waals surface area contributed by atoms with Crippen molar-refractivity contribution in [3.05, 3.63) is 108 Å². The molecule has 4 N–H and O–H groups in total. The molecular formula is C27H30O6. The van der Waals surface area contributed by atoms with Gasteiger partial charge >= 0.3 is 0 Å². The lowest BCUT2D eigenvalue weighted by Crippen LogP contribution is -2.72. The molecule has 6 nitrogen and oxygen atoms in total. The Morgan fingerprint density at radius 3 is 1.58 bits per heavy atom. The number of hydrogen-bond donors (Lipinski definition) is 4. The molecule has 4 rings (SSSR count). The van der Waals surface area contributed by atoms with Gasteiger partial charge in [0.25, 0.3) is 0 Å². The van der Waals surface area contributed by atoms with E-state index in [9.17, 15) is 20.4 Å². The highest BCUT2D eigenvalue weighted by Gasteiger charge is 2.59. The van der Waals surface area contributed by atoms with Gasteiger partial charge in [-0.2, -0.15) is 0 Å². The molecule has 6 heteroatoms. The third-order valence-electron chi connectivity index (χ3n) is 6.20. The Balaban J connectivity index is 1.59. The van der Waals surface area contributed by atoms with Crippen molar-refractivity contribution in [2.24, 2.45) is 0 Å². The predicted octanol–water partition coefficient (Wildman–Crippen LogP) is 2.23. The second-order valence-corrected chi connectivity index (χ2v) is 8.56. The fourth-order valence-corrected chi connectivity index (χ4v) is 4.40. The topological polar surface area (TPSA) is 99.4 Å². The maximum atomic E-state index is 11.8. The Labute approximate surface area is 193 Å². The van der Waals surface area contributed by atoms with Crippen LogP contribution in [0.25, 0.3) is 0 Å². The standard InChI is InChI=1S/C27H30O6/c28-22-23(29)26(33-18-21-14-8-3-9-15-21)27(31,16-19-10-4-1-5-11-19)25(30)24(22)32-17-20-12-6-2-7-13-20/h1-15,22-26,28-31H,16-18H2/t22-,23-,24+,25-,26+,27-/m1/s1. The van der Waals surface area contributed by atoms with Crippen LogP contribution in [0, 0.1) is 0 Å². The van der Waals surface area contributed by atoms with E-state index in [-0.39, 0.29) is 19.6 Å². The molecule has 0 amide bonds. The van der Waals surface area contributed by atoms with Crippen LogP contribution in [-0.4, -0.2) is 56.5 Å². The predicted molar refractivity (Wildman–Crippen MR) is 123 cm³/mol. The SMILES string of the molecule is O[C@@H]1[C@@H](O)[C@H](OCc2ccccc2)[C@@](O)(Cc2ccccc2)[C@H](O)[C@H]1OCc1ccccc1. The lowest BCUT2D eigenvalue weighted by atomic mass is 9.71. The number of hydrogen-bond acceptors (Lipinski definition) is 6. The van der Waals surface area contributed by atoms with Gasteiger partial charge in [-0.05, 0) is 16.7 Å². The van der Waals surface area contributed by atoms with Crippen LogP contribution in [0.5, 0.6) is 0 Å². The third-order valence-corrected chi connectivity index (χ3v) is 6.20. The van der Waals surface area contributed by atoms with Crippen LogP contribution in [0.15, 0.2) is 91.0 Å². The summed E-state index contributed by atoms with van der Waals surface area (Å²) >= 11 is 0. The molecular weight excluding hydrogens is 420 g/mol. The molecule has 0 unspecified atom stereocenters. The van der Waals surface area contributed by atoms with E-state index < -0.39 is 36.1 Å². The summed E-state index contributed by atoms with van der Waals surface area (Å²) in [6, 6.07) is 27.9. The van der Waals surface area contributed by atoms with E-state index >= 15 is 0 Å². The fourth-order valence-electron chi connectivity index (χ4n) is 4.40. The van der Waals surface area contributed by atoms with Crippen LogP contribution in [0.3, 0.4) is 0 Å². The second kappa shape index (κ2) is 10.6. The summed E-state index contributed by atoms with van der Waals surface area (Å²) in [5, 5.41) is 44.8. The van der Waals surface area contributed by atoms with E-state index in [1.54, 1.807) is 0 Å². The minimum Gasteiger partial charge on any atom is -0.387 e. The number of benzene rings is 3. The van der Waals surface area contributed by atoms with Crippen LogP contribution in [0.2, 0.25) is 0 Å². The number of rotatable bonds is 8. The first kappa shape index (κ1) is 23.6. The summed E-state index contributed by atoms with van der Waals surface area (Å²) in [5.74, 6) is 0. The summed E-state index contributed by atoms with van der Waals surface area (Å²) in [6.07, 6.45) is -6.83. The van der Waals surface area contributed by atoms with Gasteiger partial charge in [0, 0.05) is 6.42 Å². The average Bonchev–Trinajstić information content (AvgIpc) is 2.85. The van der Waals surface area contributed by atoms with Crippen molar-refractivity contribution in [3.8, 4) is 0 Å². The van der Waals surface area contributed by atoms with Crippen LogP contribution >= 0.6 is 0 Å². The fraction of sp³-hybridized carbons (Fsp3) is 0.333. The quantitative estimate of drug-likeness (QED) is 0.420. The smallest absolute Gasteiger partial charge is 0.126 e. The minimum absolute atomic E-state index is 0.0173. The summed E-state index contributed by atoms with van der Waals surface area (Å²) in [7, 11) is 0. The van der Waals surface area contributed by atoms with Gasteiger partial charge in [0.1, 0.15) is 36.1 Å². The third kappa shape index (κ3) is 5.33. The molecule has 6 atom stereocenters. The molecule has 0 heterocycles. The number of aliphatic hydroxyl groups excluding tert-OH is 3. The lowest BCUT2D eigenvalue weighted by molar-refractivity contribution is -0.289. The Morgan fingerprint density at radius 2 is 1.06 bits per heavy atom. The second-order valence-electron chi connectivity index (χ2n) is 8.56. The van der Waals surface area contributed by atoms with E-state index in [1.165, 1.54) is 0 Å². The molecule has 1 fully saturated rings. The largest absolute Gasteiger partial charge is 0.387 e. The van der Waals surface area contributed by atoms with Crippen LogP contribution in [-0.2, 0) is 29.1 Å². The summed E-state index contributed by atoms with van der Waals surface area (Å²) in [6.45, 7) is 0.220. The zero-order valence-corrected chi connectivity index (χ0v) is 18.3. The Kier molecular flexibility index (Phi) is 7.55. The Morgan fingerprint density at radius 1 is 0.606 bits per heavy atom. The van der Waals surface area contributed by atoms with Crippen molar-refractivity contribution in [1.82, 2.24) is 0 Å². The average molecular weight is 451 g/mol. The first-order valence-corrected chi connectivity index (χ1v) is 11.1. The molecule has 3 aromatic carbocycles. The molecule has 1 aliphatic carbocycles. The van der Waals surface area contributed by atoms with Crippen LogP contribution in [0.1, 0.15) is 16.7 Å². The maximum Gasteiger partial charge on any atom is 0.126 e. The molecule has 0 radical (unpaired) electrons. The van der Waals surface area contributed by atoms with Gasteiger partial charge in [-0.15, -0.1) is 0 Å². The van der Waals surface area contributed by atoms with Crippen molar-refractivity contribution in [3.63, 3.8) is 0 Å². The summed E-state index contributed by atoms with van der Waals surface area (Å²) < 4.78 is 11.8. The van der Waals surface area contributed by atoms with Crippen molar-refractivity contribution in [1.29, 1.82) is 0 Å². The number of aliphatic hydroxyl groups is 4. The van der Waals surface area contributed by atoms with Gasteiger partial charge in [0.05, 0.1) is 13.2 Å². The van der Waals surface area contributed by atoms with E-state index in [2.05, 4.69) is 0 Å². The molecule has 0 spiro atoms. The highest BCUT2D eigenvalue weighted by molar-refractivity contribution is 5.22. The zero-order chi connectivity index (χ0) is 23.3. The molecule has 0 saturated heterocycles. The van der Waals surface area contributed by atoms with E-state index in [0.29, 0.717) is 0 Å². The van der Waals surface area contributed by atoms with Gasteiger partial charge in [-0.1, -0.05) is 91.0 Å². The lowest BCUT2D eigenvalue weighted by Gasteiger charge is -2.50. The molecule has 0 aliphatic heterocycles. The summed E-state index contributed by atoms with van der Waals surface area (Å²) in [4.78, 5) is 0. The molecule has 0 aromatic heterocycles. The Hall–Kier alpha value is -2.58. The van der Waals surface area contributed by atoms with E-state index in [1.807, 2.05) is 91.0 Å². The van der Waals surface area contributed by atoms with E-state index in [4.69, 9.17) is 9.47 Å². The zero-order valence-electron chi connectivity index (χ0n) is 18.3. The molecule has 0 bridgehead atoms. The first-order valence-electron chi connectivity index (χ1n) is 11.1. The van der Waals surface area contributed by atoms with Crippen molar-refractivity contribution in [2.45, 2.75) is 55.8 Å². The van der Waals surface area contributed by atoms with Gasteiger partial charge in [0.15, 0.2) is 0 Å². The van der Waals surface area contributed by atoms with Crippen molar-refractivity contribution in [2.75, 3.05) is 0 Å². The maximum absolute atomic E-state index is 11.8. The first-order chi connectivity index (χ1) is 16.0. The van der Waals surface area contributed by atoms with Gasteiger partial charge < -0.3 is 29.9 Å². The monoisotopic (exact) mass is 450 g/mol. The molecule has 174 valence electrons. The minimum atomic E-state index is -1.89. The van der Waals surface area contributed by atoms with Gasteiger partial charge in [-0.3, -0.25) is 0 Å². The van der Waals surface area contributed by atoms with Crippen molar-refractivity contribution < 1.29 is 29.9 Å². The normalized spacial score (nSPS) is 29.6. The Bertz CT molecular complexity index is 983. The molecule has 33 heavy (non-hydrogen) atoms. The van der Waals surface area contributed by atoms with E-state index in [0.717, 1.165) is 16.7 Å². The summed E-state index contributed by atoms with van der Waals surface area (Å²) in [5.41, 5.74) is 0.562. The molecule has 1 saturated carbocycles. The molecule has 1 aliphatic rings. The van der Waals surface area contributed by atoms with Gasteiger partial charge in [-0.25, -0.2) is 0 Å². The highest BCUT2D eigenvalue weighted by Crippen LogP contribution is 2.37. The van der Waals surface area contributed by atoms with Crippen molar-refractivity contribution >= 4 is 0 Å².